The standard InChI is InChI=1S/C19H21N3O3S/c1-13-4-5-14(2)18(10-13)15(3)20-21-19(23)12-26-11-16-6-8-17(9-7-16)22(24)25/h4-10H,11-12H2,1-3H3,(H,21,23)/b20-15+. The van der Waals surface area contributed by atoms with E-state index in [0.29, 0.717) is 5.75 Å². The van der Waals surface area contributed by atoms with E-state index in [1.165, 1.54) is 23.9 Å². The predicted molar refractivity (Wildman–Crippen MR) is 106 cm³/mol. The molecular weight excluding hydrogens is 350 g/mol. The molecular formula is C19H21N3O3S. The molecule has 2 rings (SSSR count). The summed E-state index contributed by atoms with van der Waals surface area (Å²) in [5.74, 6) is 0.688. The van der Waals surface area contributed by atoms with Crippen LogP contribution < -0.4 is 5.43 Å². The molecule has 0 aromatic heterocycles. The minimum absolute atomic E-state index is 0.0627. The van der Waals surface area contributed by atoms with Gasteiger partial charge in [-0.3, -0.25) is 14.9 Å². The molecule has 2 aromatic carbocycles. The van der Waals surface area contributed by atoms with Gasteiger partial charge in [-0.05, 0) is 38.0 Å². The maximum Gasteiger partial charge on any atom is 0.269 e. The topological polar surface area (TPSA) is 84.6 Å². The number of nitrogens with zero attached hydrogens (tertiary/aromatic N) is 2. The van der Waals surface area contributed by atoms with Crippen LogP contribution in [0, 0.1) is 24.0 Å². The monoisotopic (exact) mass is 371 g/mol. The Bertz CT molecular complexity index is 832. The van der Waals surface area contributed by atoms with E-state index in [-0.39, 0.29) is 17.3 Å². The van der Waals surface area contributed by atoms with E-state index in [4.69, 9.17) is 0 Å². The van der Waals surface area contributed by atoms with E-state index in [2.05, 4.69) is 10.5 Å². The van der Waals surface area contributed by atoms with Gasteiger partial charge in [0.2, 0.25) is 5.91 Å². The fourth-order valence-corrected chi connectivity index (χ4v) is 3.12. The van der Waals surface area contributed by atoms with Crippen molar-refractivity contribution in [1.82, 2.24) is 5.43 Å². The van der Waals surface area contributed by atoms with Crippen LogP contribution in [0.1, 0.15) is 29.2 Å². The molecule has 0 radical (unpaired) electrons. The van der Waals surface area contributed by atoms with Crippen LogP contribution >= 0.6 is 11.8 Å². The van der Waals surface area contributed by atoms with E-state index in [9.17, 15) is 14.9 Å². The first-order valence-electron chi connectivity index (χ1n) is 8.08. The van der Waals surface area contributed by atoms with Gasteiger partial charge in [-0.15, -0.1) is 11.8 Å². The molecule has 0 atom stereocenters. The van der Waals surface area contributed by atoms with Crippen LogP contribution in [0.25, 0.3) is 0 Å². The van der Waals surface area contributed by atoms with Gasteiger partial charge in [0.05, 0.1) is 16.4 Å². The third-order valence-electron chi connectivity index (χ3n) is 3.78. The highest BCUT2D eigenvalue weighted by molar-refractivity contribution is 7.99. The largest absolute Gasteiger partial charge is 0.272 e. The Balaban J connectivity index is 1.83. The zero-order chi connectivity index (χ0) is 19.1. The number of nitro groups is 1. The number of rotatable bonds is 7. The molecule has 0 aliphatic carbocycles. The fraction of sp³-hybridized carbons (Fsp3) is 0.263. The highest BCUT2D eigenvalue weighted by Crippen LogP contribution is 2.16. The number of benzene rings is 2. The number of carbonyl (C=O) groups excluding carboxylic acids is 1. The summed E-state index contributed by atoms with van der Waals surface area (Å²) in [5.41, 5.74) is 7.61. The van der Waals surface area contributed by atoms with Crippen molar-refractivity contribution >= 4 is 29.1 Å². The lowest BCUT2D eigenvalue weighted by atomic mass is 10.0. The highest BCUT2D eigenvalue weighted by Gasteiger charge is 2.06. The second-order valence-electron chi connectivity index (χ2n) is 5.97. The van der Waals surface area contributed by atoms with Crippen molar-refractivity contribution in [3.05, 3.63) is 74.8 Å². The first-order chi connectivity index (χ1) is 12.4. The molecule has 0 spiro atoms. The van der Waals surface area contributed by atoms with E-state index in [0.717, 1.165) is 28.0 Å². The van der Waals surface area contributed by atoms with Crippen molar-refractivity contribution in [2.45, 2.75) is 26.5 Å². The molecule has 0 heterocycles. The lowest BCUT2D eigenvalue weighted by Gasteiger charge is -2.07. The minimum atomic E-state index is -0.430. The summed E-state index contributed by atoms with van der Waals surface area (Å²) in [6.07, 6.45) is 0. The van der Waals surface area contributed by atoms with E-state index in [1.807, 2.05) is 39.0 Å². The van der Waals surface area contributed by atoms with Crippen LogP contribution in [-0.2, 0) is 10.5 Å². The van der Waals surface area contributed by atoms with Crippen molar-refractivity contribution < 1.29 is 9.72 Å². The summed E-state index contributed by atoms with van der Waals surface area (Å²) < 4.78 is 0. The molecule has 0 saturated carbocycles. The van der Waals surface area contributed by atoms with Crippen molar-refractivity contribution in [1.29, 1.82) is 0 Å². The third kappa shape index (κ3) is 5.70. The average Bonchev–Trinajstić information content (AvgIpc) is 2.62. The number of nitrogens with one attached hydrogen (secondary N) is 1. The molecule has 0 saturated heterocycles. The van der Waals surface area contributed by atoms with Crippen LogP contribution in [0.15, 0.2) is 47.6 Å². The van der Waals surface area contributed by atoms with Gasteiger partial charge < -0.3 is 0 Å². The van der Waals surface area contributed by atoms with E-state index < -0.39 is 4.92 Å². The van der Waals surface area contributed by atoms with Gasteiger partial charge in [-0.25, -0.2) is 5.43 Å². The lowest BCUT2D eigenvalue weighted by molar-refractivity contribution is -0.384. The molecule has 0 fully saturated rings. The van der Waals surface area contributed by atoms with Gasteiger partial charge in [-0.1, -0.05) is 29.8 Å². The number of hydrogen-bond acceptors (Lipinski definition) is 5. The number of hydrogen-bond donors (Lipinski definition) is 1. The number of aryl methyl sites for hydroxylation is 2. The van der Waals surface area contributed by atoms with Crippen LogP contribution in [0.2, 0.25) is 0 Å². The number of amides is 1. The average molecular weight is 371 g/mol. The zero-order valence-corrected chi connectivity index (χ0v) is 15.8. The molecule has 0 bridgehead atoms. The third-order valence-corrected chi connectivity index (χ3v) is 4.78. The van der Waals surface area contributed by atoms with Crippen LogP contribution in [0.4, 0.5) is 5.69 Å². The Morgan fingerprint density at radius 3 is 2.54 bits per heavy atom. The molecule has 136 valence electrons. The summed E-state index contributed by atoms with van der Waals surface area (Å²) in [6.45, 7) is 5.89. The van der Waals surface area contributed by atoms with Gasteiger partial charge in [-0.2, -0.15) is 5.10 Å². The molecule has 2 aromatic rings. The second-order valence-corrected chi connectivity index (χ2v) is 6.95. The Labute approximate surface area is 156 Å². The maximum absolute atomic E-state index is 11.9. The number of nitro benzene ring substituents is 1. The van der Waals surface area contributed by atoms with Crippen molar-refractivity contribution in [3.8, 4) is 0 Å². The molecule has 26 heavy (non-hydrogen) atoms. The lowest BCUT2D eigenvalue weighted by Crippen LogP contribution is -2.21. The smallest absolute Gasteiger partial charge is 0.269 e. The number of non-ortho nitro benzene ring substituents is 1. The Hall–Kier alpha value is -2.67. The summed E-state index contributed by atoms with van der Waals surface area (Å²) in [4.78, 5) is 22.1. The normalized spacial score (nSPS) is 11.3. The molecule has 1 amide bonds. The Morgan fingerprint density at radius 2 is 1.88 bits per heavy atom. The van der Waals surface area contributed by atoms with Gasteiger partial charge in [0.15, 0.2) is 0 Å². The molecule has 0 unspecified atom stereocenters. The molecule has 0 aliphatic rings. The van der Waals surface area contributed by atoms with Gasteiger partial charge >= 0.3 is 0 Å². The first kappa shape index (κ1) is 19.7. The quantitative estimate of drug-likeness (QED) is 0.453. The summed E-state index contributed by atoms with van der Waals surface area (Å²) in [7, 11) is 0. The SMILES string of the molecule is C/C(=N\NC(=O)CSCc1ccc([N+](=O)[O-])cc1)c1cc(C)ccc1C. The second kappa shape index (κ2) is 9.15. The number of thioether (sulfide) groups is 1. The van der Waals surface area contributed by atoms with Gasteiger partial charge in [0.25, 0.3) is 5.69 Å². The van der Waals surface area contributed by atoms with Gasteiger partial charge in [0.1, 0.15) is 0 Å². The molecule has 7 heteroatoms. The highest BCUT2D eigenvalue weighted by atomic mass is 32.2. The van der Waals surface area contributed by atoms with Crippen LogP contribution in [-0.4, -0.2) is 22.3 Å². The first-order valence-corrected chi connectivity index (χ1v) is 9.24. The van der Waals surface area contributed by atoms with Crippen LogP contribution in [0.3, 0.4) is 0 Å². The fourth-order valence-electron chi connectivity index (χ4n) is 2.34. The van der Waals surface area contributed by atoms with Crippen molar-refractivity contribution in [2.24, 2.45) is 5.10 Å². The minimum Gasteiger partial charge on any atom is -0.272 e. The predicted octanol–water partition coefficient (Wildman–Crippen LogP) is 3.99. The van der Waals surface area contributed by atoms with E-state index >= 15 is 0 Å². The summed E-state index contributed by atoms with van der Waals surface area (Å²) in [5, 5.41) is 14.8. The number of carbonyl (C=O) groups is 1. The van der Waals surface area contributed by atoms with Crippen LogP contribution in [0.5, 0.6) is 0 Å². The Kier molecular flexibility index (Phi) is 6.91. The van der Waals surface area contributed by atoms with Gasteiger partial charge in [0, 0.05) is 23.4 Å². The molecule has 6 nitrogen and oxygen atoms in total. The van der Waals surface area contributed by atoms with Crippen molar-refractivity contribution in [2.75, 3.05) is 5.75 Å². The maximum atomic E-state index is 11.9. The number of hydrazone groups is 1. The summed E-state index contributed by atoms with van der Waals surface area (Å²) in [6, 6.07) is 12.5. The molecule has 1 N–H and O–H groups in total. The zero-order valence-electron chi connectivity index (χ0n) is 15.0. The summed E-state index contributed by atoms with van der Waals surface area (Å²) >= 11 is 1.43. The molecule has 0 aliphatic heterocycles. The Morgan fingerprint density at radius 1 is 1.19 bits per heavy atom. The van der Waals surface area contributed by atoms with E-state index in [1.54, 1.807) is 12.1 Å². The van der Waals surface area contributed by atoms with Crippen molar-refractivity contribution in [3.63, 3.8) is 0 Å².